The Bertz CT molecular complexity index is 1830. The first-order valence-corrected chi connectivity index (χ1v) is 20.6. The monoisotopic (exact) mass is 758 g/mol. The van der Waals surface area contributed by atoms with E-state index >= 15 is 0 Å². The van der Waals surface area contributed by atoms with E-state index in [4.69, 9.17) is 21.1 Å². The van der Waals surface area contributed by atoms with Gasteiger partial charge in [-0.2, -0.15) is 0 Å². The van der Waals surface area contributed by atoms with Crippen LogP contribution in [-0.2, 0) is 27.6 Å². The normalized spacial score (nSPS) is 30.7. The molecule has 5 atom stereocenters. The summed E-state index contributed by atoms with van der Waals surface area (Å²) in [5.74, 6) is -2.30. The number of hydrogen-bond acceptors (Lipinski definition) is 6. The van der Waals surface area contributed by atoms with Crippen LogP contribution in [0.3, 0.4) is 0 Å². The number of fused-ring (bicyclic) bond motifs is 3. The molecule has 282 valence electrons. The molecule has 1 unspecified atom stereocenters. The van der Waals surface area contributed by atoms with E-state index in [-0.39, 0.29) is 42.2 Å². The summed E-state index contributed by atoms with van der Waals surface area (Å²) in [7, 11) is -1.86. The highest BCUT2D eigenvalue weighted by Crippen LogP contribution is 2.62. The number of ether oxygens (including phenoxy) is 2. The van der Waals surface area contributed by atoms with Crippen molar-refractivity contribution in [3.05, 3.63) is 70.3 Å². The number of alkyl halides is 2. The minimum Gasteiger partial charge on any atom is -0.491 e. The first-order valence-electron chi connectivity index (χ1n) is 18.6. The number of amides is 3. The van der Waals surface area contributed by atoms with Gasteiger partial charge in [-0.1, -0.05) is 36.7 Å². The van der Waals surface area contributed by atoms with E-state index in [1.165, 1.54) is 5.56 Å². The highest BCUT2D eigenvalue weighted by molar-refractivity contribution is 7.92. The Balaban J connectivity index is 1.22. The highest BCUT2D eigenvalue weighted by Gasteiger charge is 2.62. The summed E-state index contributed by atoms with van der Waals surface area (Å²) in [4.78, 5) is 29.4. The Morgan fingerprint density at radius 3 is 2.65 bits per heavy atom. The van der Waals surface area contributed by atoms with Crippen LogP contribution in [0.4, 0.5) is 19.3 Å². The quantitative estimate of drug-likeness (QED) is 0.307. The van der Waals surface area contributed by atoms with E-state index in [0.717, 1.165) is 43.4 Å². The Labute approximate surface area is 310 Å². The van der Waals surface area contributed by atoms with E-state index in [1.807, 2.05) is 25.1 Å². The van der Waals surface area contributed by atoms with Crippen LogP contribution >= 0.6 is 11.6 Å². The van der Waals surface area contributed by atoms with Gasteiger partial charge in [-0.05, 0) is 116 Å². The van der Waals surface area contributed by atoms with Crippen molar-refractivity contribution >= 4 is 39.1 Å². The molecular weight excluding hydrogens is 710 g/mol. The van der Waals surface area contributed by atoms with Crippen molar-refractivity contribution in [2.45, 2.75) is 95.7 Å². The van der Waals surface area contributed by atoms with Crippen LogP contribution in [0.25, 0.3) is 0 Å². The van der Waals surface area contributed by atoms with Gasteiger partial charge in [0.2, 0.25) is 5.92 Å². The largest absolute Gasteiger partial charge is 0.491 e. The third-order valence-electron chi connectivity index (χ3n) is 11.6. The molecule has 5 aliphatic rings. The number of hydrogen-bond donors (Lipinski definition) is 2. The van der Waals surface area contributed by atoms with E-state index < -0.39 is 33.2 Å². The van der Waals surface area contributed by atoms with Gasteiger partial charge >= 0.3 is 6.03 Å². The van der Waals surface area contributed by atoms with Crippen LogP contribution in [-0.4, -0.2) is 60.2 Å². The SMILES string of the molecule is CO[C@H]1/C=C/C[C@H](C)CS(=O)(NC(=O)NC2CC3(C2)CC(F)(F)C3)=NC(=O)c2ccc3c(c2)N(Cc2ccc(Cl)cc2CCCCO3)C[C@@H]2CC[C@H]21. The molecule has 7 rings (SSSR count). The molecule has 9 nitrogen and oxygen atoms in total. The molecule has 3 aliphatic carbocycles. The molecule has 0 saturated heterocycles. The second-order valence-electron chi connectivity index (χ2n) is 15.8. The van der Waals surface area contributed by atoms with Crippen LogP contribution in [0.2, 0.25) is 5.02 Å². The van der Waals surface area contributed by atoms with Gasteiger partial charge in [0.25, 0.3) is 5.91 Å². The van der Waals surface area contributed by atoms with Crippen molar-refractivity contribution < 1.29 is 32.1 Å². The molecule has 1 spiro atoms. The molecule has 13 heteroatoms. The van der Waals surface area contributed by atoms with Crippen molar-refractivity contribution in [1.29, 1.82) is 0 Å². The Morgan fingerprint density at radius 1 is 1.12 bits per heavy atom. The summed E-state index contributed by atoms with van der Waals surface area (Å²) in [5.41, 5.74) is 2.90. The molecule has 3 saturated carbocycles. The van der Waals surface area contributed by atoms with Crippen molar-refractivity contribution in [1.82, 2.24) is 10.0 Å². The van der Waals surface area contributed by atoms with Crippen molar-refractivity contribution in [2.24, 2.45) is 27.5 Å². The summed E-state index contributed by atoms with van der Waals surface area (Å²) in [5, 5.41) is 3.48. The second kappa shape index (κ2) is 14.9. The molecule has 2 aromatic rings. The Hall–Kier alpha value is -3.22. The van der Waals surface area contributed by atoms with Gasteiger partial charge in [0, 0.05) is 49.7 Å². The van der Waals surface area contributed by atoms with Crippen molar-refractivity contribution in [2.75, 3.05) is 30.9 Å². The third-order valence-corrected chi connectivity index (χ3v) is 13.8. The van der Waals surface area contributed by atoms with Crippen LogP contribution in [0.5, 0.6) is 5.75 Å². The van der Waals surface area contributed by atoms with Crippen LogP contribution < -0.4 is 19.7 Å². The molecule has 3 amide bonds. The molecular formula is C39H49ClF2N4O5S. The number of rotatable bonds is 3. The molecule has 2 aromatic carbocycles. The number of nitrogens with one attached hydrogen (secondary N) is 2. The van der Waals surface area contributed by atoms with E-state index in [9.17, 15) is 22.6 Å². The third kappa shape index (κ3) is 8.29. The van der Waals surface area contributed by atoms with Gasteiger partial charge in [-0.15, -0.1) is 4.36 Å². The maximum atomic E-state index is 14.5. The lowest BCUT2D eigenvalue weighted by atomic mass is 9.52. The molecule has 0 radical (unpaired) electrons. The van der Waals surface area contributed by atoms with Gasteiger partial charge in [0.1, 0.15) is 15.7 Å². The van der Waals surface area contributed by atoms with Gasteiger partial charge < -0.3 is 19.7 Å². The Kier molecular flexibility index (Phi) is 10.6. The zero-order valence-electron chi connectivity index (χ0n) is 29.9. The van der Waals surface area contributed by atoms with E-state index in [2.05, 4.69) is 31.4 Å². The van der Waals surface area contributed by atoms with Crippen molar-refractivity contribution in [3.8, 4) is 5.75 Å². The predicted molar refractivity (Wildman–Crippen MR) is 198 cm³/mol. The molecule has 0 aromatic heterocycles. The lowest BCUT2D eigenvalue weighted by Crippen LogP contribution is -2.61. The number of carbonyl (C=O) groups is 2. The minimum atomic E-state index is -3.60. The maximum Gasteiger partial charge on any atom is 0.327 e. The minimum absolute atomic E-state index is 0.0550. The number of urea groups is 1. The average Bonchev–Trinajstić information content (AvgIpc) is 3.06. The molecule has 2 heterocycles. The van der Waals surface area contributed by atoms with Gasteiger partial charge in [-0.3, -0.25) is 9.52 Å². The van der Waals surface area contributed by atoms with E-state index in [1.54, 1.807) is 25.3 Å². The van der Waals surface area contributed by atoms with Gasteiger partial charge in [-0.25, -0.2) is 17.8 Å². The number of allylic oxidation sites excluding steroid dienone is 1. The lowest BCUT2D eigenvalue weighted by Gasteiger charge is -2.57. The topological polar surface area (TPSA) is 109 Å². The van der Waals surface area contributed by atoms with Crippen molar-refractivity contribution in [3.63, 3.8) is 0 Å². The predicted octanol–water partition coefficient (Wildman–Crippen LogP) is 8.10. The summed E-state index contributed by atoms with van der Waals surface area (Å²) in [6.45, 7) is 3.70. The smallest absolute Gasteiger partial charge is 0.327 e. The van der Waals surface area contributed by atoms with Crippen LogP contribution in [0.1, 0.15) is 86.2 Å². The summed E-state index contributed by atoms with van der Waals surface area (Å²) in [6.07, 6.45) is 9.86. The fourth-order valence-electron chi connectivity index (χ4n) is 8.96. The Morgan fingerprint density at radius 2 is 1.92 bits per heavy atom. The summed E-state index contributed by atoms with van der Waals surface area (Å²) < 4.78 is 60.7. The molecule has 2 bridgehead atoms. The number of methoxy groups -OCH3 is 1. The number of carbonyl (C=O) groups excluding carboxylic acids is 2. The zero-order valence-corrected chi connectivity index (χ0v) is 31.5. The number of nitrogens with zero attached hydrogens (tertiary/aromatic N) is 2. The fourth-order valence-corrected chi connectivity index (χ4v) is 11.0. The molecule has 2 N–H and O–H groups in total. The summed E-state index contributed by atoms with van der Waals surface area (Å²) in [6, 6.07) is 10.2. The second-order valence-corrected chi connectivity index (χ2v) is 18.3. The lowest BCUT2D eigenvalue weighted by molar-refractivity contribution is -0.197. The number of anilines is 1. The molecule has 52 heavy (non-hydrogen) atoms. The average molecular weight is 759 g/mol. The standard InChI is InChI=1S/C39H49ClF2N4O5S/c1-25-6-5-8-34(50-2)32-13-10-29(32)21-46-20-28-9-12-30(40)16-26(28)7-3-4-15-51-35-14-11-27(17-33(35)46)36(47)44-52(49,22-25)45-37(48)43-31-18-38(19-31)23-39(41,42)24-38/h5,8-9,11-12,14,16-17,25,29,31-32,34H,3-4,6-7,10,13,15,18-24H2,1-2H3,(H2,43,44,45,47,48,49)/b8-5+/t25-,29-,32+,34-,52?/m0/s1. The number of halogens is 3. The van der Waals surface area contributed by atoms with Gasteiger partial charge in [0.05, 0.1) is 24.2 Å². The first-order chi connectivity index (χ1) is 24.8. The highest BCUT2D eigenvalue weighted by atomic mass is 35.5. The van der Waals surface area contributed by atoms with Crippen LogP contribution in [0.15, 0.2) is 52.9 Å². The molecule has 3 fully saturated rings. The zero-order chi connectivity index (χ0) is 36.7. The van der Waals surface area contributed by atoms with E-state index in [0.29, 0.717) is 61.6 Å². The number of benzene rings is 2. The number of aryl methyl sites for hydroxylation is 1. The molecule has 2 aliphatic heterocycles. The maximum absolute atomic E-state index is 14.5. The van der Waals surface area contributed by atoms with Gasteiger partial charge in [0.15, 0.2) is 0 Å². The fraction of sp³-hybridized carbons (Fsp3) is 0.590. The van der Waals surface area contributed by atoms with Crippen LogP contribution in [0, 0.1) is 23.2 Å². The summed E-state index contributed by atoms with van der Waals surface area (Å²) >= 11 is 6.45. The first kappa shape index (κ1) is 37.1.